The van der Waals surface area contributed by atoms with E-state index < -0.39 is 12.3 Å². The quantitative estimate of drug-likeness (QED) is 0.181. The summed E-state index contributed by atoms with van der Waals surface area (Å²) < 4.78 is 0.0698. The number of aryl methyl sites for hydroxylation is 1. The lowest BCUT2D eigenvalue weighted by Gasteiger charge is -2.39. The first-order valence-electron chi connectivity index (χ1n) is 13.4. The van der Waals surface area contributed by atoms with Crippen LogP contribution in [0.15, 0.2) is 65.7 Å². The zero-order chi connectivity index (χ0) is 28.0. The highest BCUT2D eigenvalue weighted by Gasteiger charge is 2.61. The van der Waals surface area contributed by atoms with E-state index >= 15 is 0 Å². The van der Waals surface area contributed by atoms with E-state index in [1.807, 2.05) is 56.3 Å². The van der Waals surface area contributed by atoms with Crippen LogP contribution in [0.4, 0.5) is 17.1 Å². The summed E-state index contributed by atoms with van der Waals surface area (Å²) in [4.78, 5) is 19.9. The van der Waals surface area contributed by atoms with Gasteiger partial charge in [0.15, 0.2) is 11.5 Å². The van der Waals surface area contributed by atoms with E-state index in [0.717, 1.165) is 57.1 Å². The van der Waals surface area contributed by atoms with Gasteiger partial charge >= 0.3 is 6.17 Å². The maximum absolute atomic E-state index is 13.0. The lowest BCUT2D eigenvalue weighted by Crippen LogP contribution is -2.69. The van der Waals surface area contributed by atoms with Crippen LogP contribution in [0.5, 0.6) is 0 Å². The summed E-state index contributed by atoms with van der Waals surface area (Å²) in [7, 11) is 3.77. The van der Waals surface area contributed by atoms with Crippen molar-refractivity contribution >= 4 is 22.9 Å². The van der Waals surface area contributed by atoms with Crippen LogP contribution in [0, 0.1) is 17.0 Å². The van der Waals surface area contributed by atoms with Gasteiger partial charge in [0.1, 0.15) is 12.2 Å². The standard InChI is InChI=1S/C29H32N9O2/c1-5-8-25-31-26-18(2)15-21-16-24(26)38(25,29(37(39)40)28(30-21)36(3)4)17-19-11-13-20(14-12-19)22-9-6-7-10-23(22)27-32-34-35-33-27/h6-7,9-16,28-30H,5,8,17H2,1-4H3,(H,32,33,34,35)/q+1. The first kappa shape index (κ1) is 25.8. The zero-order valence-corrected chi connectivity index (χ0v) is 23.0. The van der Waals surface area contributed by atoms with E-state index in [2.05, 4.69) is 63.2 Å². The van der Waals surface area contributed by atoms with Crippen LogP contribution in [0.3, 0.4) is 0 Å². The van der Waals surface area contributed by atoms with Crippen molar-refractivity contribution in [1.29, 1.82) is 0 Å². The Labute approximate surface area is 232 Å². The van der Waals surface area contributed by atoms with Crippen molar-refractivity contribution in [2.45, 2.75) is 45.6 Å². The number of nitrogens with one attached hydrogen (secondary N) is 2. The highest BCUT2D eigenvalue weighted by atomic mass is 16.6. The zero-order valence-electron chi connectivity index (χ0n) is 23.0. The number of aromatic nitrogens is 4. The van der Waals surface area contributed by atoms with E-state index in [4.69, 9.17) is 4.99 Å². The normalized spacial score (nSPS) is 21.2. The summed E-state index contributed by atoms with van der Waals surface area (Å²) in [6.45, 7) is 4.54. The van der Waals surface area contributed by atoms with Gasteiger partial charge in [-0.2, -0.15) is 9.48 Å². The van der Waals surface area contributed by atoms with Crippen molar-refractivity contribution in [2.24, 2.45) is 4.99 Å². The van der Waals surface area contributed by atoms with Gasteiger partial charge in [-0.25, -0.2) is 5.10 Å². The molecule has 0 fully saturated rings. The molecule has 40 heavy (non-hydrogen) atoms. The first-order chi connectivity index (χ1) is 19.3. The molecule has 0 amide bonds. The molecule has 0 aliphatic carbocycles. The topological polar surface area (TPSA) is 125 Å². The molecular weight excluding hydrogens is 506 g/mol. The molecule has 2 aliphatic heterocycles. The molecule has 4 aromatic rings. The van der Waals surface area contributed by atoms with E-state index in [0.29, 0.717) is 18.8 Å². The second-order valence-electron chi connectivity index (χ2n) is 10.7. The molecule has 1 aromatic heterocycles. The Hall–Kier alpha value is -4.48. The van der Waals surface area contributed by atoms with Gasteiger partial charge in [-0.1, -0.05) is 55.5 Å². The number of likely N-dealkylation sites (N-methyl/N-ethyl adjacent to an activating group) is 1. The lowest BCUT2D eigenvalue weighted by atomic mass is 9.97. The second kappa shape index (κ2) is 9.92. The van der Waals surface area contributed by atoms with Gasteiger partial charge < -0.3 is 5.32 Å². The van der Waals surface area contributed by atoms with Crippen molar-refractivity contribution in [1.82, 2.24) is 30.0 Å². The van der Waals surface area contributed by atoms with Crippen molar-refractivity contribution < 1.29 is 4.92 Å². The lowest BCUT2D eigenvalue weighted by molar-refractivity contribution is -0.549. The fourth-order valence-electron chi connectivity index (χ4n) is 6.15. The maximum atomic E-state index is 13.0. The number of aliphatic imine (C=N–C) groups is 1. The number of hydrogen-bond donors (Lipinski definition) is 2. The SMILES string of the molecule is CCCC1=Nc2c(C)cc3cc2[N+]1(Cc1ccc(-c2ccccc2-c2nnn[nH]2)cc1)C([N+](=O)[O-])C(N(C)C)N3. The molecule has 3 atom stereocenters. The fraction of sp³-hybridized carbons (Fsp3) is 0.310. The highest BCUT2D eigenvalue weighted by molar-refractivity contribution is 6.04. The number of tetrazole rings is 1. The summed E-state index contributed by atoms with van der Waals surface area (Å²) in [5.41, 5.74) is 7.54. The van der Waals surface area contributed by atoms with Crippen LogP contribution < -0.4 is 9.80 Å². The smallest absolute Gasteiger partial charge is 0.358 e. The molecule has 11 heteroatoms. The Balaban J connectivity index is 1.47. The predicted octanol–water partition coefficient (Wildman–Crippen LogP) is 5.11. The molecule has 2 bridgehead atoms. The van der Waals surface area contributed by atoms with Crippen LogP contribution in [0.1, 0.15) is 30.9 Å². The van der Waals surface area contributed by atoms with E-state index in [9.17, 15) is 10.1 Å². The Morgan fingerprint density at radius 2 is 1.82 bits per heavy atom. The second-order valence-corrected chi connectivity index (χ2v) is 10.7. The molecule has 3 unspecified atom stereocenters. The third-order valence-corrected chi connectivity index (χ3v) is 7.93. The molecule has 2 aliphatic rings. The molecule has 0 saturated carbocycles. The molecule has 11 nitrogen and oxygen atoms in total. The minimum Gasteiger partial charge on any atom is -0.358 e. The number of amidine groups is 1. The van der Waals surface area contributed by atoms with Gasteiger partial charge in [0.05, 0.1) is 4.92 Å². The van der Waals surface area contributed by atoms with E-state index in [1.54, 1.807) is 0 Å². The van der Waals surface area contributed by atoms with Gasteiger partial charge in [-0.05, 0) is 60.6 Å². The summed E-state index contributed by atoms with van der Waals surface area (Å²) in [6.07, 6.45) is -0.0239. The summed E-state index contributed by atoms with van der Waals surface area (Å²) >= 11 is 0. The molecule has 2 N–H and O–H groups in total. The van der Waals surface area contributed by atoms with Crippen LogP contribution in [-0.4, -0.2) is 62.7 Å². The first-order valence-corrected chi connectivity index (χ1v) is 13.4. The van der Waals surface area contributed by atoms with Crippen LogP contribution in [0.25, 0.3) is 22.5 Å². The minimum absolute atomic E-state index is 0.0698. The van der Waals surface area contributed by atoms with Crippen molar-refractivity contribution in [3.8, 4) is 22.5 Å². The monoisotopic (exact) mass is 538 g/mol. The Bertz CT molecular complexity index is 1600. The van der Waals surface area contributed by atoms with Gasteiger partial charge in [0.2, 0.25) is 12.0 Å². The number of aromatic amines is 1. The van der Waals surface area contributed by atoms with Crippen molar-refractivity contribution in [3.05, 3.63) is 81.9 Å². The minimum atomic E-state index is -1.000. The number of nitro groups is 1. The number of fused-ring (bicyclic) bond motifs is 1. The maximum Gasteiger partial charge on any atom is 0.380 e. The van der Waals surface area contributed by atoms with E-state index in [-0.39, 0.29) is 9.41 Å². The third kappa shape index (κ3) is 4.05. The molecule has 0 spiro atoms. The van der Waals surface area contributed by atoms with Crippen molar-refractivity contribution in [2.75, 3.05) is 19.4 Å². The number of nitrogens with zero attached hydrogens (tertiary/aromatic N) is 7. The Kier molecular flexibility index (Phi) is 6.40. The van der Waals surface area contributed by atoms with Crippen molar-refractivity contribution in [3.63, 3.8) is 0 Å². The molecular formula is C29H32N9O2+. The molecule has 6 rings (SSSR count). The summed E-state index contributed by atoms with van der Waals surface area (Å²) in [5.74, 6) is 1.43. The predicted molar refractivity (Wildman–Crippen MR) is 156 cm³/mol. The number of rotatable bonds is 8. The fourth-order valence-corrected chi connectivity index (χ4v) is 6.15. The number of hydrogen-bond acceptors (Lipinski definition) is 8. The summed E-state index contributed by atoms with van der Waals surface area (Å²) in [6, 6.07) is 20.3. The van der Waals surface area contributed by atoms with Crippen LogP contribution in [0.2, 0.25) is 0 Å². The molecule has 3 aromatic carbocycles. The van der Waals surface area contributed by atoms with Crippen LogP contribution >= 0.6 is 0 Å². The van der Waals surface area contributed by atoms with Gasteiger partial charge in [-0.3, -0.25) is 15.0 Å². The number of benzene rings is 3. The van der Waals surface area contributed by atoms with Gasteiger partial charge in [0, 0.05) is 29.3 Å². The average Bonchev–Trinajstić information content (AvgIpc) is 3.55. The molecule has 3 heterocycles. The average molecular weight is 539 g/mol. The number of H-pyrrole nitrogens is 1. The number of anilines is 1. The highest BCUT2D eigenvalue weighted by Crippen LogP contribution is 2.51. The largest absolute Gasteiger partial charge is 0.380 e. The molecule has 0 saturated heterocycles. The summed E-state index contributed by atoms with van der Waals surface area (Å²) in [5, 5.41) is 30.8. The molecule has 0 radical (unpaired) electrons. The van der Waals surface area contributed by atoms with Gasteiger partial charge in [-0.15, -0.1) is 5.10 Å². The van der Waals surface area contributed by atoms with Gasteiger partial charge in [0.25, 0.3) is 0 Å². The third-order valence-electron chi connectivity index (χ3n) is 7.93. The Morgan fingerprint density at radius 1 is 1.07 bits per heavy atom. The Morgan fingerprint density at radius 3 is 2.48 bits per heavy atom. The number of quaternary nitrogens is 1. The van der Waals surface area contributed by atoms with Crippen LogP contribution in [-0.2, 0) is 6.54 Å². The molecule has 204 valence electrons. The van der Waals surface area contributed by atoms with E-state index in [1.165, 1.54) is 0 Å².